The number of hydrogen-bond donors (Lipinski definition) is 0. The van der Waals surface area contributed by atoms with Crippen LogP contribution in [-0.4, -0.2) is 27.5 Å². The second-order valence-electron chi connectivity index (χ2n) is 7.26. The molecule has 3 nitrogen and oxygen atoms in total. The summed E-state index contributed by atoms with van der Waals surface area (Å²) in [4.78, 5) is 6.86. The maximum Gasteiger partial charge on any atom is 0.0487 e. The smallest absolute Gasteiger partial charge is 0.0487 e. The Morgan fingerprint density at radius 1 is 1.24 bits per heavy atom. The van der Waals surface area contributed by atoms with E-state index in [1.807, 2.05) is 19.2 Å². The first-order valence-corrected chi connectivity index (χ1v) is 9.32. The lowest BCUT2D eigenvalue weighted by Crippen LogP contribution is -2.35. The maximum atomic E-state index is 6.29. The van der Waals surface area contributed by atoms with Crippen molar-refractivity contribution in [1.82, 2.24) is 14.5 Å². The van der Waals surface area contributed by atoms with E-state index in [0.29, 0.717) is 6.04 Å². The number of fused-ring (bicyclic) bond motifs is 3. The lowest BCUT2D eigenvalue weighted by atomic mass is 10.00. The number of halogens is 1. The Morgan fingerprint density at radius 2 is 2.08 bits per heavy atom. The van der Waals surface area contributed by atoms with Crippen LogP contribution in [0, 0.1) is 6.92 Å². The summed E-state index contributed by atoms with van der Waals surface area (Å²) in [6.07, 6.45) is 4.08. The largest absolute Gasteiger partial charge is 0.344 e. The van der Waals surface area contributed by atoms with Crippen molar-refractivity contribution in [3.05, 3.63) is 64.1 Å². The molecule has 0 bridgehead atoms. The Labute approximate surface area is 154 Å². The van der Waals surface area contributed by atoms with Gasteiger partial charge in [0.15, 0.2) is 0 Å². The Bertz CT molecular complexity index is 911. The maximum absolute atomic E-state index is 6.29. The number of hydrogen-bond acceptors (Lipinski definition) is 2. The third kappa shape index (κ3) is 3.07. The molecule has 0 N–H and O–H groups in total. The SMILES string of the molecule is Cc1ccc(CCn2c3c(c4cc(Cl)ccc42)CN(C)C(C)C3)cn1. The van der Waals surface area contributed by atoms with Crippen LogP contribution < -0.4 is 0 Å². The first kappa shape index (κ1) is 16.6. The lowest BCUT2D eigenvalue weighted by Gasteiger charge is -2.31. The molecule has 1 aliphatic rings. The first-order chi connectivity index (χ1) is 12.0. The molecule has 4 heteroatoms. The Balaban J connectivity index is 1.74. The molecule has 3 aromatic rings. The second kappa shape index (κ2) is 6.47. The zero-order chi connectivity index (χ0) is 17.6. The van der Waals surface area contributed by atoms with Gasteiger partial charge in [0, 0.05) is 59.1 Å². The summed E-state index contributed by atoms with van der Waals surface area (Å²) >= 11 is 6.29. The monoisotopic (exact) mass is 353 g/mol. The first-order valence-electron chi connectivity index (χ1n) is 8.94. The molecule has 0 radical (unpaired) electrons. The van der Waals surface area contributed by atoms with Crippen LogP contribution in [0.5, 0.6) is 0 Å². The van der Waals surface area contributed by atoms with Gasteiger partial charge in [-0.25, -0.2) is 0 Å². The third-order valence-electron chi connectivity index (χ3n) is 5.49. The molecule has 25 heavy (non-hydrogen) atoms. The minimum absolute atomic E-state index is 0.562. The third-order valence-corrected chi connectivity index (χ3v) is 5.73. The van der Waals surface area contributed by atoms with E-state index in [1.165, 1.54) is 27.7 Å². The number of pyridine rings is 1. The molecular weight excluding hydrogens is 330 g/mol. The van der Waals surface area contributed by atoms with Crippen molar-refractivity contribution in [3.63, 3.8) is 0 Å². The Kier molecular flexibility index (Phi) is 4.30. The van der Waals surface area contributed by atoms with Gasteiger partial charge in [0.1, 0.15) is 0 Å². The van der Waals surface area contributed by atoms with Crippen molar-refractivity contribution in [2.24, 2.45) is 0 Å². The van der Waals surface area contributed by atoms with E-state index in [0.717, 1.165) is 36.6 Å². The van der Waals surface area contributed by atoms with Crippen molar-refractivity contribution in [2.75, 3.05) is 7.05 Å². The van der Waals surface area contributed by atoms with E-state index in [2.05, 4.69) is 52.7 Å². The van der Waals surface area contributed by atoms with E-state index in [-0.39, 0.29) is 0 Å². The predicted octanol–water partition coefficient (Wildman–Crippen LogP) is 4.62. The van der Waals surface area contributed by atoms with Gasteiger partial charge >= 0.3 is 0 Å². The molecule has 1 aromatic carbocycles. The van der Waals surface area contributed by atoms with E-state index in [1.54, 1.807) is 0 Å². The molecule has 0 saturated heterocycles. The average molecular weight is 354 g/mol. The molecule has 0 amide bonds. The van der Waals surface area contributed by atoms with Crippen molar-refractivity contribution in [2.45, 2.75) is 45.8 Å². The van der Waals surface area contributed by atoms with Crippen molar-refractivity contribution in [1.29, 1.82) is 0 Å². The van der Waals surface area contributed by atoms with Crippen LogP contribution in [0.25, 0.3) is 10.9 Å². The fraction of sp³-hybridized carbons (Fsp3) is 0.381. The molecule has 130 valence electrons. The normalized spacial score (nSPS) is 17.8. The van der Waals surface area contributed by atoms with E-state index in [4.69, 9.17) is 11.6 Å². The topological polar surface area (TPSA) is 21.1 Å². The van der Waals surface area contributed by atoms with Gasteiger partial charge in [-0.1, -0.05) is 17.7 Å². The fourth-order valence-corrected chi connectivity index (χ4v) is 4.01. The molecule has 4 rings (SSSR count). The van der Waals surface area contributed by atoms with Gasteiger partial charge in [-0.3, -0.25) is 9.88 Å². The highest BCUT2D eigenvalue weighted by molar-refractivity contribution is 6.31. The van der Waals surface area contributed by atoms with Crippen LogP contribution in [0.15, 0.2) is 36.5 Å². The van der Waals surface area contributed by atoms with Gasteiger partial charge in [-0.15, -0.1) is 0 Å². The summed E-state index contributed by atoms with van der Waals surface area (Å²) in [6.45, 7) is 6.31. The fourth-order valence-electron chi connectivity index (χ4n) is 3.84. The van der Waals surface area contributed by atoms with Crippen LogP contribution >= 0.6 is 11.6 Å². The quantitative estimate of drug-likeness (QED) is 0.685. The molecule has 0 saturated carbocycles. The summed E-state index contributed by atoms with van der Waals surface area (Å²) in [7, 11) is 2.21. The van der Waals surface area contributed by atoms with Gasteiger partial charge in [0.2, 0.25) is 0 Å². The second-order valence-corrected chi connectivity index (χ2v) is 7.70. The van der Waals surface area contributed by atoms with Crippen LogP contribution in [0.2, 0.25) is 5.02 Å². The van der Waals surface area contributed by atoms with Crippen LogP contribution in [0.4, 0.5) is 0 Å². The highest BCUT2D eigenvalue weighted by Gasteiger charge is 2.26. The molecule has 1 aliphatic heterocycles. The Morgan fingerprint density at radius 3 is 2.84 bits per heavy atom. The van der Waals surface area contributed by atoms with Gasteiger partial charge < -0.3 is 4.57 Å². The molecule has 3 heterocycles. The predicted molar refractivity (Wildman–Crippen MR) is 104 cm³/mol. The number of likely N-dealkylation sites (N-methyl/N-ethyl adjacent to an activating group) is 1. The lowest BCUT2D eigenvalue weighted by molar-refractivity contribution is 0.228. The van der Waals surface area contributed by atoms with Crippen molar-refractivity contribution >= 4 is 22.5 Å². The van der Waals surface area contributed by atoms with Crippen LogP contribution in [0.3, 0.4) is 0 Å². The van der Waals surface area contributed by atoms with Crippen molar-refractivity contribution in [3.8, 4) is 0 Å². The summed E-state index contributed by atoms with van der Waals surface area (Å²) in [5, 5.41) is 2.12. The number of benzene rings is 1. The van der Waals surface area contributed by atoms with Gasteiger partial charge in [0.05, 0.1) is 0 Å². The minimum Gasteiger partial charge on any atom is -0.344 e. The van der Waals surface area contributed by atoms with Crippen LogP contribution in [-0.2, 0) is 25.9 Å². The van der Waals surface area contributed by atoms with E-state index < -0.39 is 0 Å². The summed E-state index contributed by atoms with van der Waals surface area (Å²) < 4.78 is 2.50. The van der Waals surface area contributed by atoms with Gasteiger partial charge in [-0.05, 0) is 62.7 Å². The van der Waals surface area contributed by atoms with Gasteiger partial charge in [-0.2, -0.15) is 0 Å². The Hall–Kier alpha value is -1.84. The standard InChI is InChI=1S/C21H24ClN3/c1-14-4-5-16(12-23-14)8-9-25-20-7-6-17(22)11-18(20)19-13-24(3)15(2)10-21(19)25/h4-7,11-12,15H,8-10,13H2,1-3H3. The van der Waals surface area contributed by atoms with Gasteiger partial charge in [0.25, 0.3) is 0 Å². The minimum atomic E-state index is 0.562. The summed E-state index contributed by atoms with van der Waals surface area (Å²) in [5.41, 5.74) is 6.58. The number of nitrogens with zero attached hydrogens (tertiary/aromatic N) is 3. The van der Waals surface area contributed by atoms with Crippen LogP contribution in [0.1, 0.15) is 29.4 Å². The molecule has 0 aliphatic carbocycles. The highest BCUT2D eigenvalue weighted by Crippen LogP contribution is 2.34. The molecule has 0 spiro atoms. The zero-order valence-electron chi connectivity index (χ0n) is 15.1. The molecule has 1 unspecified atom stereocenters. The molecule has 1 atom stereocenters. The average Bonchev–Trinajstić information content (AvgIpc) is 2.87. The van der Waals surface area contributed by atoms with E-state index in [9.17, 15) is 0 Å². The van der Waals surface area contributed by atoms with E-state index >= 15 is 0 Å². The number of aromatic nitrogens is 2. The summed E-state index contributed by atoms with van der Waals surface area (Å²) in [5.74, 6) is 0. The highest BCUT2D eigenvalue weighted by atomic mass is 35.5. The number of rotatable bonds is 3. The molecule has 2 aromatic heterocycles. The molecule has 0 fully saturated rings. The van der Waals surface area contributed by atoms with Crippen molar-refractivity contribution < 1.29 is 0 Å². The molecular formula is C21H24ClN3. The number of aryl methyl sites for hydroxylation is 3. The summed E-state index contributed by atoms with van der Waals surface area (Å²) in [6, 6.07) is 11.2. The zero-order valence-corrected chi connectivity index (χ0v) is 15.8.